The molecule has 1 aromatic rings. The number of unbranched alkanes of at least 4 members (excludes halogenated alkanes) is 2. The summed E-state index contributed by atoms with van der Waals surface area (Å²) >= 11 is 0. The number of hydrogen-bond acceptors (Lipinski definition) is 4. The van der Waals surface area contributed by atoms with Crippen molar-refractivity contribution in [2.24, 2.45) is 0 Å². The number of ether oxygens (including phenoxy) is 1. The molecule has 0 aliphatic heterocycles. The third-order valence-electron chi connectivity index (χ3n) is 2.49. The number of rotatable bonds is 6. The molecular weight excluding hydrogens is 202 g/mol. The van der Waals surface area contributed by atoms with Gasteiger partial charge in [0, 0.05) is 6.42 Å². The number of nitrogen functional groups attached to an aromatic ring is 1. The van der Waals surface area contributed by atoms with Gasteiger partial charge in [0.05, 0.1) is 12.2 Å². The molecule has 2 N–H and O–H groups in total. The first-order valence-electron chi connectivity index (χ1n) is 5.94. The van der Waals surface area contributed by atoms with Gasteiger partial charge < -0.3 is 10.5 Å². The first-order valence-corrected chi connectivity index (χ1v) is 5.94. The van der Waals surface area contributed by atoms with Gasteiger partial charge in [0.15, 0.2) is 0 Å². The Bertz CT molecular complexity index is 339. The smallest absolute Gasteiger partial charge is 0.221 e. The Balaban J connectivity index is 2.66. The fourth-order valence-corrected chi connectivity index (χ4v) is 1.38. The first kappa shape index (κ1) is 12.7. The molecule has 0 fully saturated rings. The van der Waals surface area contributed by atoms with Gasteiger partial charge in [0.2, 0.25) is 5.88 Å². The number of anilines is 1. The van der Waals surface area contributed by atoms with Crippen LogP contribution in [-0.2, 0) is 6.42 Å². The second kappa shape index (κ2) is 6.30. The number of aryl methyl sites for hydroxylation is 1. The Morgan fingerprint density at radius 2 is 1.94 bits per heavy atom. The van der Waals surface area contributed by atoms with Gasteiger partial charge >= 0.3 is 0 Å². The largest absolute Gasteiger partial charge is 0.477 e. The summed E-state index contributed by atoms with van der Waals surface area (Å²) in [7, 11) is 0. The van der Waals surface area contributed by atoms with Crippen LogP contribution in [0.2, 0.25) is 0 Å². The Kier molecular flexibility index (Phi) is 5.02. The van der Waals surface area contributed by atoms with E-state index in [0.29, 0.717) is 18.3 Å². The maximum absolute atomic E-state index is 5.80. The SMILES string of the molecule is CCCCCOc1nc(CC)nc(N)c1C. The highest BCUT2D eigenvalue weighted by atomic mass is 16.5. The van der Waals surface area contributed by atoms with Gasteiger partial charge in [0.1, 0.15) is 11.6 Å². The molecule has 1 rings (SSSR count). The molecule has 0 aliphatic rings. The third kappa shape index (κ3) is 3.36. The van der Waals surface area contributed by atoms with Crippen molar-refractivity contribution in [2.75, 3.05) is 12.3 Å². The normalized spacial score (nSPS) is 10.4. The van der Waals surface area contributed by atoms with Crippen molar-refractivity contribution < 1.29 is 4.74 Å². The van der Waals surface area contributed by atoms with Crippen LogP contribution in [0, 0.1) is 6.92 Å². The maximum Gasteiger partial charge on any atom is 0.221 e. The summed E-state index contributed by atoms with van der Waals surface area (Å²) in [4.78, 5) is 8.52. The Morgan fingerprint density at radius 1 is 1.19 bits per heavy atom. The van der Waals surface area contributed by atoms with E-state index < -0.39 is 0 Å². The minimum atomic E-state index is 0.525. The highest BCUT2D eigenvalue weighted by molar-refractivity contribution is 5.44. The highest BCUT2D eigenvalue weighted by Crippen LogP contribution is 2.20. The van der Waals surface area contributed by atoms with E-state index in [-0.39, 0.29) is 0 Å². The van der Waals surface area contributed by atoms with Crippen molar-refractivity contribution in [1.29, 1.82) is 0 Å². The molecule has 0 saturated heterocycles. The van der Waals surface area contributed by atoms with E-state index in [2.05, 4.69) is 16.9 Å². The van der Waals surface area contributed by atoms with E-state index in [0.717, 1.165) is 24.2 Å². The van der Waals surface area contributed by atoms with E-state index in [9.17, 15) is 0 Å². The van der Waals surface area contributed by atoms with Crippen LogP contribution in [0.25, 0.3) is 0 Å². The maximum atomic E-state index is 5.80. The summed E-state index contributed by atoms with van der Waals surface area (Å²) in [6.45, 7) is 6.77. The van der Waals surface area contributed by atoms with E-state index in [1.165, 1.54) is 12.8 Å². The first-order chi connectivity index (χ1) is 7.69. The molecule has 1 heterocycles. The standard InChI is InChI=1S/C12H21N3O/c1-4-6-7-8-16-12-9(3)11(13)14-10(5-2)15-12/h4-8H2,1-3H3,(H2,13,14,15). The molecule has 0 bridgehead atoms. The van der Waals surface area contributed by atoms with Gasteiger partial charge in [-0.1, -0.05) is 26.7 Å². The van der Waals surface area contributed by atoms with Crippen molar-refractivity contribution >= 4 is 5.82 Å². The average molecular weight is 223 g/mol. The van der Waals surface area contributed by atoms with Crippen LogP contribution < -0.4 is 10.5 Å². The van der Waals surface area contributed by atoms with Crippen molar-refractivity contribution in [3.63, 3.8) is 0 Å². The fraction of sp³-hybridized carbons (Fsp3) is 0.667. The van der Waals surface area contributed by atoms with Gasteiger partial charge in [-0.2, -0.15) is 4.98 Å². The Labute approximate surface area is 97.2 Å². The molecule has 90 valence electrons. The zero-order valence-electron chi connectivity index (χ0n) is 10.4. The quantitative estimate of drug-likeness (QED) is 0.753. The monoisotopic (exact) mass is 223 g/mol. The molecule has 4 heteroatoms. The average Bonchev–Trinajstić information content (AvgIpc) is 2.29. The van der Waals surface area contributed by atoms with Gasteiger partial charge in [-0.3, -0.25) is 0 Å². The Morgan fingerprint density at radius 3 is 2.56 bits per heavy atom. The number of hydrogen-bond donors (Lipinski definition) is 1. The molecule has 0 saturated carbocycles. The van der Waals surface area contributed by atoms with Gasteiger partial charge in [-0.05, 0) is 13.3 Å². The summed E-state index contributed by atoms with van der Waals surface area (Å²) in [6.07, 6.45) is 4.20. The molecular formula is C12H21N3O. The van der Waals surface area contributed by atoms with Crippen LogP contribution in [-0.4, -0.2) is 16.6 Å². The minimum absolute atomic E-state index is 0.525. The van der Waals surface area contributed by atoms with Crippen LogP contribution in [0.1, 0.15) is 44.5 Å². The van der Waals surface area contributed by atoms with Crippen molar-refractivity contribution in [3.05, 3.63) is 11.4 Å². The van der Waals surface area contributed by atoms with Gasteiger partial charge in [-0.15, -0.1) is 0 Å². The molecule has 0 spiro atoms. The molecule has 16 heavy (non-hydrogen) atoms. The van der Waals surface area contributed by atoms with Crippen LogP contribution in [0.15, 0.2) is 0 Å². The molecule has 0 aromatic carbocycles. The minimum Gasteiger partial charge on any atom is -0.477 e. The topological polar surface area (TPSA) is 61.0 Å². The van der Waals surface area contributed by atoms with Crippen molar-refractivity contribution in [3.8, 4) is 5.88 Å². The Hall–Kier alpha value is -1.32. The zero-order chi connectivity index (χ0) is 12.0. The molecule has 0 atom stereocenters. The lowest BCUT2D eigenvalue weighted by Gasteiger charge is -2.10. The van der Waals surface area contributed by atoms with Gasteiger partial charge in [0.25, 0.3) is 0 Å². The molecule has 0 aliphatic carbocycles. The molecule has 4 nitrogen and oxygen atoms in total. The molecule has 0 radical (unpaired) electrons. The molecule has 0 amide bonds. The van der Waals surface area contributed by atoms with Crippen LogP contribution in [0.5, 0.6) is 5.88 Å². The lowest BCUT2D eigenvalue weighted by Crippen LogP contribution is -2.07. The van der Waals surface area contributed by atoms with E-state index in [1.54, 1.807) is 0 Å². The van der Waals surface area contributed by atoms with E-state index in [1.807, 2.05) is 13.8 Å². The molecule has 1 aromatic heterocycles. The number of nitrogens with zero attached hydrogens (tertiary/aromatic N) is 2. The fourth-order valence-electron chi connectivity index (χ4n) is 1.38. The third-order valence-corrected chi connectivity index (χ3v) is 2.49. The summed E-state index contributed by atoms with van der Waals surface area (Å²) in [6, 6.07) is 0. The lowest BCUT2D eigenvalue weighted by molar-refractivity contribution is 0.291. The van der Waals surface area contributed by atoms with E-state index >= 15 is 0 Å². The summed E-state index contributed by atoms with van der Waals surface area (Å²) in [5.41, 5.74) is 6.64. The summed E-state index contributed by atoms with van der Waals surface area (Å²) in [5.74, 6) is 1.91. The predicted octanol–water partition coefficient (Wildman–Crippen LogP) is 2.50. The van der Waals surface area contributed by atoms with Crippen LogP contribution in [0.4, 0.5) is 5.82 Å². The number of aromatic nitrogens is 2. The number of nitrogens with two attached hydrogens (primary N) is 1. The second-order valence-corrected chi connectivity index (χ2v) is 3.86. The van der Waals surface area contributed by atoms with Crippen molar-refractivity contribution in [1.82, 2.24) is 9.97 Å². The summed E-state index contributed by atoms with van der Waals surface area (Å²) < 4.78 is 5.63. The molecule has 0 unspecified atom stereocenters. The van der Waals surface area contributed by atoms with Crippen LogP contribution in [0.3, 0.4) is 0 Å². The van der Waals surface area contributed by atoms with Crippen LogP contribution >= 0.6 is 0 Å². The zero-order valence-corrected chi connectivity index (χ0v) is 10.4. The highest BCUT2D eigenvalue weighted by Gasteiger charge is 2.08. The van der Waals surface area contributed by atoms with E-state index in [4.69, 9.17) is 10.5 Å². The van der Waals surface area contributed by atoms with Crippen molar-refractivity contribution in [2.45, 2.75) is 46.5 Å². The summed E-state index contributed by atoms with van der Waals surface area (Å²) in [5, 5.41) is 0. The lowest BCUT2D eigenvalue weighted by atomic mass is 10.3. The van der Waals surface area contributed by atoms with Gasteiger partial charge in [-0.25, -0.2) is 4.98 Å². The predicted molar refractivity (Wildman–Crippen MR) is 65.6 cm³/mol. The second-order valence-electron chi connectivity index (χ2n) is 3.86.